The molecule has 0 unspecified atom stereocenters. The summed E-state index contributed by atoms with van der Waals surface area (Å²) in [6.07, 6.45) is 3.06. The summed E-state index contributed by atoms with van der Waals surface area (Å²) in [5, 5.41) is 0. The fourth-order valence-electron chi connectivity index (χ4n) is 3.39. The fraction of sp³-hybridized carbons (Fsp3) is 0.409. The Morgan fingerprint density at radius 3 is 2.56 bits per heavy atom. The van der Waals surface area contributed by atoms with Crippen molar-refractivity contribution in [2.24, 2.45) is 0 Å². The van der Waals surface area contributed by atoms with Crippen molar-refractivity contribution in [3.05, 3.63) is 65.6 Å². The second kappa shape index (κ2) is 9.00. The van der Waals surface area contributed by atoms with E-state index >= 15 is 0 Å². The van der Waals surface area contributed by atoms with Gasteiger partial charge in [-0.25, -0.2) is 9.37 Å². The molecule has 0 atom stereocenters. The topological polar surface area (TPSA) is 22.6 Å². The number of rotatable bonds is 6. The second-order valence-electron chi connectivity index (χ2n) is 7.12. The normalized spacial score (nSPS) is 15.9. The monoisotopic (exact) mass is 368 g/mol. The zero-order valence-corrected chi connectivity index (χ0v) is 16.5. The average molecular weight is 369 g/mol. The molecule has 1 aromatic heterocycles. The van der Waals surface area contributed by atoms with Crippen LogP contribution in [0.2, 0.25) is 0 Å². The third-order valence-corrected chi connectivity index (χ3v) is 5.00. The van der Waals surface area contributed by atoms with Crippen LogP contribution in [0.4, 0.5) is 10.2 Å². The first-order chi connectivity index (χ1) is 13.1. The van der Waals surface area contributed by atoms with E-state index in [1.54, 1.807) is 6.07 Å². The van der Waals surface area contributed by atoms with Crippen molar-refractivity contribution < 1.29 is 4.39 Å². The number of allylic oxidation sites excluding steroid dienone is 1. The molecular weight excluding hydrogens is 339 g/mol. The molecule has 2 heterocycles. The molecule has 0 aliphatic carbocycles. The lowest BCUT2D eigenvalue weighted by atomic mass is 10.1. The van der Waals surface area contributed by atoms with E-state index in [4.69, 9.17) is 4.98 Å². The summed E-state index contributed by atoms with van der Waals surface area (Å²) < 4.78 is 14.1. The van der Waals surface area contributed by atoms with E-state index in [1.165, 1.54) is 6.07 Å². The maximum atomic E-state index is 14.1. The molecule has 0 spiro atoms. The van der Waals surface area contributed by atoms with E-state index < -0.39 is 0 Å². The van der Waals surface area contributed by atoms with Crippen LogP contribution in [0.25, 0.3) is 5.70 Å². The van der Waals surface area contributed by atoms with Gasteiger partial charge in [-0.3, -0.25) is 0 Å². The van der Waals surface area contributed by atoms with Crippen molar-refractivity contribution in [2.45, 2.75) is 19.9 Å². The van der Waals surface area contributed by atoms with Gasteiger partial charge in [0.05, 0.1) is 11.4 Å². The number of halogens is 1. The maximum Gasteiger partial charge on any atom is 0.129 e. The van der Waals surface area contributed by atoms with Gasteiger partial charge in [-0.2, -0.15) is 0 Å². The van der Waals surface area contributed by atoms with Crippen LogP contribution in [0.1, 0.15) is 24.6 Å². The average Bonchev–Trinajstić information content (AvgIpc) is 2.68. The predicted octanol–water partition coefficient (Wildman–Crippen LogP) is 3.86. The number of nitrogens with zero attached hydrogens (tertiary/aromatic N) is 4. The number of likely N-dealkylation sites (N-methyl/N-ethyl adjacent to an activating group) is 1. The zero-order chi connectivity index (χ0) is 19.2. The standard InChI is InChI=1S/C22H29FN4/c1-4-8-21(26(3)17-18-9-5-6-10-19(18)23)20-11-7-12-22(24-20)27-15-13-25(2)14-16-27/h5-12H,4,13-17H2,1-3H3/b21-8+. The van der Waals surface area contributed by atoms with Crippen molar-refractivity contribution in [3.8, 4) is 0 Å². The zero-order valence-electron chi connectivity index (χ0n) is 16.5. The van der Waals surface area contributed by atoms with Crippen LogP contribution in [0, 0.1) is 5.82 Å². The summed E-state index contributed by atoms with van der Waals surface area (Å²) >= 11 is 0. The number of pyridine rings is 1. The van der Waals surface area contributed by atoms with Crippen molar-refractivity contribution in [1.29, 1.82) is 0 Å². The van der Waals surface area contributed by atoms with Gasteiger partial charge in [0.2, 0.25) is 0 Å². The molecule has 3 rings (SSSR count). The van der Waals surface area contributed by atoms with Crippen molar-refractivity contribution in [3.63, 3.8) is 0 Å². The van der Waals surface area contributed by atoms with Gasteiger partial charge in [-0.1, -0.05) is 37.3 Å². The Labute approximate surface area is 161 Å². The quantitative estimate of drug-likeness (QED) is 0.772. The number of anilines is 1. The highest BCUT2D eigenvalue weighted by Crippen LogP contribution is 2.23. The van der Waals surface area contributed by atoms with Gasteiger partial charge in [0.15, 0.2) is 0 Å². The van der Waals surface area contributed by atoms with E-state index in [0.717, 1.165) is 49.8 Å². The van der Waals surface area contributed by atoms with E-state index in [9.17, 15) is 4.39 Å². The Bertz CT molecular complexity index is 781. The van der Waals surface area contributed by atoms with Crippen LogP contribution in [-0.4, -0.2) is 55.1 Å². The van der Waals surface area contributed by atoms with E-state index in [0.29, 0.717) is 12.1 Å². The van der Waals surface area contributed by atoms with Crippen LogP contribution >= 0.6 is 0 Å². The molecule has 1 aliphatic rings. The molecule has 1 fully saturated rings. The van der Waals surface area contributed by atoms with Crippen LogP contribution in [0.15, 0.2) is 48.5 Å². The number of aromatic nitrogens is 1. The molecule has 0 bridgehead atoms. The summed E-state index contributed by atoms with van der Waals surface area (Å²) in [6.45, 7) is 6.71. The second-order valence-corrected chi connectivity index (χ2v) is 7.12. The minimum atomic E-state index is -0.167. The summed E-state index contributed by atoms with van der Waals surface area (Å²) in [6, 6.07) is 13.1. The van der Waals surface area contributed by atoms with Gasteiger partial charge < -0.3 is 14.7 Å². The summed E-state index contributed by atoms with van der Waals surface area (Å²) in [5.74, 6) is 0.848. The van der Waals surface area contributed by atoms with E-state index in [1.807, 2.05) is 25.2 Å². The Balaban J connectivity index is 1.81. The number of hydrogen-bond donors (Lipinski definition) is 0. The lowest BCUT2D eigenvalue weighted by Gasteiger charge is -2.33. The molecule has 5 heteroatoms. The molecule has 4 nitrogen and oxygen atoms in total. The van der Waals surface area contributed by atoms with Crippen LogP contribution in [0.5, 0.6) is 0 Å². The van der Waals surface area contributed by atoms with Gasteiger partial charge in [-0.05, 0) is 31.7 Å². The minimum Gasteiger partial charge on any atom is -0.369 e. The Hall–Kier alpha value is -2.40. The fourth-order valence-corrected chi connectivity index (χ4v) is 3.39. The van der Waals surface area contributed by atoms with E-state index in [-0.39, 0.29) is 5.82 Å². The molecule has 0 radical (unpaired) electrons. The largest absolute Gasteiger partial charge is 0.369 e. The molecule has 0 N–H and O–H groups in total. The number of piperazine rings is 1. The highest BCUT2D eigenvalue weighted by molar-refractivity contribution is 5.62. The summed E-state index contributed by atoms with van der Waals surface area (Å²) in [7, 11) is 4.15. The lowest BCUT2D eigenvalue weighted by molar-refractivity contribution is 0.312. The molecule has 144 valence electrons. The van der Waals surface area contributed by atoms with Crippen LogP contribution in [0.3, 0.4) is 0 Å². The van der Waals surface area contributed by atoms with Crippen molar-refractivity contribution in [2.75, 3.05) is 45.2 Å². The van der Waals surface area contributed by atoms with Gasteiger partial charge in [0.25, 0.3) is 0 Å². The number of hydrogen-bond acceptors (Lipinski definition) is 4. The molecule has 1 aliphatic heterocycles. The molecule has 27 heavy (non-hydrogen) atoms. The third-order valence-electron chi connectivity index (χ3n) is 5.00. The van der Waals surface area contributed by atoms with Crippen molar-refractivity contribution >= 4 is 11.5 Å². The molecule has 1 aromatic carbocycles. The van der Waals surface area contributed by atoms with Gasteiger partial charge in [-0.15, -0.1) is 0 Å². The summed E-state index contributed by atoms with van der Waals surface area (Å²) in [4.78, 5) is 11.7. The smallest absolute Gasteiger partial charge is 0.129 e. The molecular formula is C22H29FN4. The Kier molecular flexibility index (Phi) is 6.45. The minimum absolute atomic E-state index is 0.167. The van der Waals surface area contributed by atoms with Crippen molar-refractivity contribution in [1.82, 2.24) is 14.8 Å². The molecule has 0 amide bonds. The predicted molar refractivity (Wildman–Crippen MR) is 110 cm³/mol. The highest BCUT2D eigenvalue weighted by Gasteiger charge is 2.17. The summed E-state index contributed by atoms with van der Waals surface area (Å²) in [5.41, 5.74) is 2.67. The first-order valence-electron chi connectivity index (χ1n) is 9.64. The highest BCUT2D eigenvalue weighted by atomic mass is 19.1. The first kappa shape index (κ1) is 19.4. The Morgan fingerprint density at radius 2 is 1.85 bits per heavy atom. The van der Waals surface area contributed by atoms with Gasteiger partial charge in [0.1, 0.15) is 11.6 Å². The SMILES string of the molecule is CC/C=C(\c1cccc(N2CCN(C)CC2)n1)N(C)Cc1ccccc1F. The van der Waals surface area contributed by atoms with Crippen LogP contribution in [-0.2, 0) is 6.54 Å². The lowest BCUT2D eigenvalue weighted by Crippen LogP contribution is -2.44. The molecule has 2 aromatic rings. The third kappa shape index (κ3) is 4.86. The van der Waals surface area contributed by atoms with Gasteiger partial charge >= 0.3 is 0 Å². The molecule has 0 saturated carbocycles. The van der Waals surface area contributed by atoms with Crippen LogP contribution < -0.4 is 4.90 Å². The maximum absolute atomic E-state index is 14.1. The molecule has 1 saturated heterocycles. The number of benzene rings is 1. The van der Waals surface area contributed by atoms with Gasteiger partial charge in [0, 0.05) is 45.3 Å². The Morgan fingerprint density at radius 1 is 1.11 bits per heavy atom. The first-order valence-corrected chi connectivity index (χ1v) is 9.64. The van der Waals surface area contributed by atoms with E-state index in [2.05, 4.69) is 46.9 Å².